The number of Topliss-reactive ketones (excluding diaryl/α,β-unsaturated/α-hetero) is 1. The average Bonchev–Trinajstić information content (AvgIpc) is 2.37. The van der Waals surface area contributed by atoms with Crippen molar-refractivity contribution in [3.05, 3.63) is 0 Å². The van der Waals surface area contributed by atoms with Gasteiger partial charge in [-0.1, -0.05) is 6.42 Å². The molecule has 0 aromatic rings. The molecule has 0 bridgehead atoms. The van der Waals surface area contributed by atoms with E-state index in [9.17, 15) is 13.2 Å². The number of sulfone groups is 1. The van der Waals surface area contributed by atoms with Crippen molar-refractivity contribution in [2.75, 3.05) is 19.5 Å². The molecule has 112 valence electrons. The number of ether oxygens (including phenoxy) is 2. The van der Waals surface area contributed by atoms with Crippen molar-refractivity contribution in [3.8, 4) is 0 Å². The van der Waals surface area contributed by atoms with E-state index in [0.29, 0.717) is 26.1 Å². The Labute approximate surface area is 115 Å². The van der Waals surface area contributed by atoms with E-state index >= 15 is 0 Å². The Kier molecular flexibility index (Phi) is 6.42. The van der Waals surface area contributed by atoms with Crippen molar-refractivity contribution >= 4 is 15.6 Å². The van der Waals surface area contributed by atoms with Crippen molar-refractivity contribution in [2.45, 2.75) is 51.1 Å². The molecule has 0 saturated heterocycles. The minimum absolute atomic E-state index is 0.114. The van der Waals surface area contributed by atoms with Crippen LogP contribution in [0.15, 0.2) is 0 Å². The van der Waals surface area contributed by atoms with Crippen LogP contribution in [0.3, 0.4) is 0 Å². The second kappa shape index (κ2) is 7.36. The van der Waals surface area contributed by atoms with Gasteiger partial charge in [0.05, 0.1) is 5.25 Å². The van der Waals surface area contributed by atoms with Crippen LogP contribution in [0, 0.1) is 5.92 Å². The van der Waals surface area contributed by atoms with Gasteiger partial charge in [-0.2, -0.15) is 0 Å². The number of hydrogen-bond acceptors (Lipinski definition) is 5. The minimum atomic E-state index is -3.08. The van der Waals surface area contributed by atoms with Gasteiger partial charge in [-0.15, -0.1) is 0 Å². The first-order valence-electron chi connectivity index (χ1n) is 6.85. The Morgan fingerprint density at radius 1 is 1.21 bits per heavy atom. The number of hydrogen-bond donors (Lipinski definition) is 0. The van der Waals surface area contributed by atoms with Gasteiger partial charge in [0.25, 0.3) is 0 Å². The summed E-state index contributed by atoms with van der Waals surface area (Å²) in [7, 11) is -3.08. The average molecular weight is 292 g/mol. The van der Waals surface area contributed by atoms with Gasteiger partial charge < -0.3 is 9.47 Å². The molecule has 0 amide bonds. The van der Waals surface area contributed by atoms with Gasteiger partial charge in [0, 0.05) is 25.4 Å². The van der Waals surface area contributed by atoms with Crippen LogP contribution >= 0.6 is 0 Å². The van der Waals surface area contributed by atoms with Crippen LogP contribution < -0.4 is 0 Å². The predicted molar refractivity (Wildman–Crippen MR) is 72.6 cm³/mol. The summed E-state index contributed by atoms with van der Waals surface area (Å²) in [6.45, 7) is 4.41. The summed E-state index contributed by atoms with van der Waals surface area (Å²) in [5.41, 5.74) is 0. The summed E-state index contributed by atoms with van der Waals surface area (Å²) in [4.78, 5) is 12.3. The Morgan fingerprint density at radius 3 is 2.26 bits per heavy atom. The molecule has 0 aliphatic heterocycles. The summed E-state index contributed by atoms with van der Waals surface area (Å²) in [5.74, 6) is -0.381. The summed E-state index contributed by atoms with van der Waals surface area (Å²) < 4.78 is 33.8. The molecule has 0 N–H and O–H groups in total. The standard InChI is InChI=1S/C13H24O5S/c1-4-17-13(18-5-2)12(14)10-7-6-8-11(9-10)19(3,15)16/h10-11,13H,4-9H2,1-3H3. The fourth-order valence-corrected chi connectivity index (χ4v) is 3.68. The van der Waals surface area contributed by atoms with Crippen LogP contribution in [-0.2, 0) is 24.1 Å². The third kappa shape index (κ3) is 4.85. The Bertz CT molecular complexity index is 384. The van der Waals surface area contributed by atoms with E-state index in [-0.39, 0.29) is 11.7 Å². The van der Waals surface area contributed by atoms with Gasteiger partial charge in [-0.25, -0.2) is 8.42 Å². The van der Waals surface area contributed by atoms with Crippen molar-refractivity contribution < 1.29 is 22.7 Å². The maximum Gasteiger partial charge on any atom is 0.218 e. The zero-order valence-electron chi connectivity index (χ0n) is 11.9. The zero-order chi connectivity index (χ0) is 14.5. The molecule has 2 atom stereocenters. The Hall–Kier alpha value is -0.460. The van der Waals surface area contributed by atoms with E-state index in [4.69, 9.17) is 9.47 Å². The van der Waals surface area contributed by atoms with Crippen LogP contribution in [-0.4, -0.2) is 45.2 Å². The summed E-state index contributed by atoms with van der Waals surface area (Å²) >= 11 is 0. The van der Waals surface area contributed by atoms with Crippen molar-refractivity contribution in [1.29, 1.82) is 0 Å². The van der Waals surface area contributed by atoms with Crippen LogP contribution in [0.5, 0.6) is 0 Å². The monoisotopic (exact) mass is 292 g/mol. The lowest BCUT2D eigenvalue weighted by Crippen LogP contribution is -2.38. The number of carbonyl (C=O) groups is 1. The van der Waals surface area contributed by atoms with Crippen molar-refractivity contribution in [3.63, 3.8) is 0 Å². The van der Waals surface area contributed by atoms with Crippen LogP contribution in [0.4, 0.5) is 0 Å². The highest BCUT2D eigenvalue weighted by Gasteiger charge is 2.35. The lowest BCUT2D eigenvalue weighted by atomic mass is 9.85. The first kappa shape index (κ1) is 16.6. The molecular weight excluding hydrogens is 268 g/mol. The summed E-state index contributed by atoms with van der Waals surface area (Å²) in [6, 6.07) is 0. The zero-order valence-corrected chi connectivity index (χ0v) is 12.7. The third-order valence-corrected chi connectivity index (χ3v) is 5.14. The molecule has 1 rings (SSSR count). The highest BCUT2D eigenvalue weighted by Crippen LogP contribution is 2.30. The van der Waals surface area contributed by atoms with Crippen molar-refractivity contribution in [2.24, 2.45) is 5.92 Å². The van der Waals surface area contributed by atoms with E-state index in [1.165, 1.54) is 6.26 Å². The normalized spacial score (nSPS) is 24.6. The van der Waals surface area contributed by atoms with Crippen LogP contribution in [0.1, 0.15) is 39.5 Å². The van der Waals surface area contributed by atoms with E-state index in [0.717, 1.165) is 12.8 Å². The second-order valence-corrected chi connectivity index (χ2v) is 7.29. The third-order valence-electron chi connectivity index (χ3n) is 3.50. The first-order chi connectivity index (χ1) is 8.90. The molecule has 0 radical (unpaired) electrons. The highest BCUT2D eigenvalue weighted by molar-refractivity contribution is 7.91. The Morgan fingerprint density at radius 2 is 1.79 bits per heavy atom. The van der Waals surface area contributed by atoms with Gasteiger partial charge >= 0.3 is 0 Å². The molecule has 1 saturated carbocycles. The van der Waals surface area contributed by atoms with E-state index < -0.39 is 21.4 Å². The maximum absolute atomic E-state index is 12.3. The minimum Gasteiger partial charge on any atom is -0.346 e. The van der Waals surface area contributed by atoms with Gasteiger partial charge in [0.2, 0.25) is 6.29 Å². The molecule has 1 fully saturated rings. The molecule has 19 heavy (non-hydrogen) atoms. The smallest absolute Gasteiger partial charge is 0.218 e. The number of ketones is 1. The second-order valence-electron chi connectivity index (χ2n) is 4.96. The fraction of sp³-hybridized carbons (Fsp3) is 0.923. The molecule has 2 unspecified atom stereocenters. The lowest BCUT2D eigenvalue weighted by molar-refractivity contribution is -0.172. The molecule has 1 aliphatic rings. The predicted octanol–water partition coefficient (Wildman–Crippen LogP) is 1.56. The van der Waals surface area contributed by atoms with Crippen LogP contribution in [0.25, 0.3) is 0 Å². The number of rotatable bonds is 7. The van der Waals surface area contributed by atoms with Crippen molar-refractivity contribution in [1.82, 2.24) is 0 Å². The van der Waals surface area contributed by atoms with E-state index in [1.807, 2.05) is 0 Å². The molecule has 0 spiro atoms. The van der Waals surface area contributed by atoms with Gasteiger partial charge in [-0.3, -0.25) is 4.79 Å². The van der Waals surface area contributed by atoms with Crippen LogP contribution in [0.2, 0.25) is 0 Å². The molecule has 5 nitrogen and oxygen atoms in total. The molecule has 6 heteroatoms. The van der Waals surface area contributed by atoms with Gasteiger partial charge in [0.1, 0.15) is 9.84 Å². The topological polar surface area (TPSA) is 69.7 Å². The fourth-order valence-electron chi connectivity index (χ4n) is 2.50. The molecule has 0 aromatic carbocycles. The SMILES string of the molecule is CCOC(OCC)C(=O)C1CCCC(S(C)(=O)=O)C1. The van der Waals surface area contributed by atoms with Gasteiger partial charge in [0.15, 0.2) is 5.78 Å². The summed E-state index contributed by atoms with van der Waals surface area (Å²) in [6.07, 6.45) is 2.93. The molecule has 0 heterocycles. The molecular formula is C13H24O5S. The largest absolute Gasteiger partial charge is 0.346 e. The first-order valence-corrected chi connectivity index (χ1v) is 8.81. The van der Waals surface area contributed by atoms with E-state index in [2.05, 4.69) is 0 Å². The molecule has 0 aromatic heterocycles. The Balaban J connectivity index is 2.69. The quantitative estimate of drug-likeness (QED) is 0.666. The lowest BCUT2D eigenvalue weighted by Gasteiger charge is -2.29. The van der Waals surface area contributed by atoms with E-state index in [1.54, 1.807) is 13.8 Å². The maximum atomic E-state index is 12.3. The molecule has 1 aliphatic carbocycles. The highest BCUT2D eigenvalue weighted by atomic mass is 32.2. The number of carbonyl (C=O) groups excluding carboxylic acids is 1. The summed E-state index contributed by atoms with van der Waals surface area (Å²) in [5, 5.41) is -0.404. The van der Waals surface area contributed by atoms with Gasteiger partial charge in [-0.05, 0) is 33.1 Å².